The molecule has 0 aliphatic heterocycles. The Morgan fingerprint density at radius 2 is 2.13 bits per heavy atom. The molecule has 1 N–H and O–H groups in total. The number of nitrogens with zero attached hydrogens (tertiary/aromatic N) is 1. The third-order valence-electron chi connectivity index (χ3n) is 3.09. The first-order valence-corrected chi connectivity index (χ1v) is 8.17. The number of halogens is 2. The first-order chi connectivity index (χ1) is 11.1. The first-order valence-electron chi connectivity index (χ1n) is 6.81. The van der Waals surface area contributed by atoms with Crippen LogP contribution >= 0.6 is 23.4 Å². The van der Waals surface area contributed by atoms with E-state index in [2.05, 4.69) is 10.3 Å². The predicted octanol–water partition coefficient (Wildman–Crippen LogP) is 4.03. The van der Waals surface area contributed by atoms with E-state index in [0.717, 1.165) is 0 Å². The number of aromatic nitrogens is 1. The summed E-state index contributed by atoms with van der Waals surface area (Å²) in [7, 11) is 0. The highest BCUT2D eigenvalue weighted by Gasteiger charge is 2.10. The molecule has 0 fully saturated rings. The van der Waals surface area contributed by atoms with Crippen molar-refractivity contribution < 1.29 is 13.6 Å². The van der Waals surface area contributed by atoms with E-state index in [4.69, 9.17) is 16.0 Å². The van der Waals surface area contributed by atoms with E-state index in [0.29, 0.717) is 26.9 Å². The van der Waals surface area contributed by atoms with Crippen LogP contribution in [0.4, 0.5) is 4.39 Å². The number of nitrogens with one attached hydrogen (secondary N) is 1. The second-order valence-electron chi connectivity index (χ2n) is 4.75. The molecule has 23 heavy (non-hydrogen) atoms. The van der Waals surface area contributed by atoms with Crippen molar-refractivity contribution in [2.24, 2.45) is 0 Å². The van der Waals surface area contributed by atoms with Gasteiger partial charge in [-0.25, -0.2) is 9.37 Å². The van der Waals surface area contributed by atoms with Crippen molar-refractivity contribution in [1.82, 2.24) is 10.3 Å². The molecule has 7 heteroatoms. The summed E-state index contributed by atoms with van der Waals surface area (Å²) in [6.45, 7) is 0.148. The van der Waals surface area contributed by atoms with Gasteiger partial charge in [0.25, 0.3) is 5.22 Å². The van der Waals surface area contributed by atoms with Crippen LogP contribution in [0.2, 0.25) is 5.02 Å². The van der Waals surface area contributed by atoms with Gasteiger partial charge >= 0.3 is 0 Å². The summed E-state index contributed by atoms with van der Waals surface area (Å²) >= 11 is 7.05. The van der Waals surface area contributed by atoms with Gasteiger partial charge in [-0.05, 0) is 18.2 Å². The van der Waals surface area contributed by atoms with E-state index in [-0.39, 0.29) is 24.0 Å². The molecule has 1 heterocycles. The Labute approximate surface area is 141 Å². The molecule has 1 aromatic heterocycles. The molecule has 0 atom stereocenters. The van der Waals surface area contributed by atoms with Crippen molar-refractivity contribution in [2.75, 3.05) is 5.75 Å². The fourth-order valence-corrected chi connectivity index (χ4v) is 2.78. The molecule has 0 bridgehead atoms. The van der Waals surface area contributed by atoms with Crippen molar-refractivity contribution in [3.8, 4) is 0 Å². The molecule has 0 saturated heterocycles. The first kappa shape index (κ1) is 15.8. The number of carbonyl (C=O) groups is 1. The lowest BCUT2D eigenvalue weighted by atomic mass is 10.2. The van der Waals surface area contributed by atoms with Crippen LogP contribution in [0, 0.1) is 5.82 Å². The van der Waals surface area contributed by atoms with Gasteiger partial charge in [0.2, 0.25) is 5.91 Å². The Morgan fingerprint density at radius 1 is 1.30 bits per heavy atom. The summed E-state index contributed by atoms with van der Waals surface area (Å²) in [5.41, 5.74) is 1.71. The predicted molar refractivity (Wildman–Crippen MR) is 88.0 cm³/mol. The van der Waals surface area contributed by atoms with E-state index in [9.17, 15) is 9.18 Å². The SMILES string of the molecule is O=C(CSc1nc2ccc(Cl)cc2o1)NCc1ccccc1F. The highest BCUT2D eigenvalue weighted by atomic mass is 35.5. The zero-order valence-corrected chi connectivity index (χ0v) is 13.5. The van der Waals surface area contributed by atoms with Gasteiger partial charge in [-0.2, -0.15) is 0 Å². The number of fused-ring (bicyclic) bond motifs is 1. The third kappa shape index (κ3) is 4.03. The summed E-state index contributed by atoms with van der Waals surface area (Å²) < 4.78 is 19.0. The Balaban J connectivity index is 1.54. The third-order valence-corrected chi connectivity index (χ3v) is 4.15. The second-order valence-corrected chi connectivity index (χ2v) is 6.11. The standard InChI is InChI=1S/C16H12ClFN2O2S/c17-11-5-6-13-14(7-11)22-16(20-13)23-9-15(21)19-8-10-3-1-2-4-12(10)18/h1-7H,8-9H2,(H,19,21). The molecule has 2 aromatic carbocycles. The number of oxazole rings is 1. The molecule has 0 aliphatic carbocycles. The smallest absolute Gasteiger partial charge is 0.257 e. The van der Waals surface area contributed by atoms with E-state index in [1.54, 1.807) is 36.4 Å². The number of benzene rings is 2. The van der Waals surface area contributed by atoms with Gasteiger partial charge in [0, 0.05) is 23.2 Å². The maximum absolute atomic E-state index is 13.4. The minimum Gasteiger partial charge on any atom is -0.431 e. The van der Waals surface area contributed by atoms with Crippen LogP contribution in [0.1, 0.15) is 5.56 Å². The molecule has 0 unspecified atom stereocenters. The molecule has 118 valence electrons. The van der Waals surface area contributed by atoms with Crippen LogP contribution < -0.4 is 5.32 Å². The van der Waals surface area contributed by atoms with Crippen molar-refractivity contribution in [1.29, 1.82) is 0 Å². The van der Waals surface area contributed by atoms with Crippen LogP contribution in [0.5, 0.6) is 0 Å². The zero-order chi connectivity index (χ0) is 16.2. The maximum Gasteiger partial charge on any atom is 0.257 e. The van der Waals surface area contributed by atoms with Crippen LogP contribution in [0.25, 0.3) is 11.1 Å². The summed E-state index contributed by atoms with van der Waals surface area (Å²) in [5, 5.41) is 3.62. The van der Waals surface area contributed by atoms with E-state index in [1.807, 2.05) is 0 Å². The molecule has 1 amide bonds. The molecule has 0 aliphatic rings. The second kappa shape index (κ2) is 7.02. The van der Waals surface area contributed by atoms with Gasteiger partial charge < -0.3 is 9.73 Å². The number of thioether (sulfide) groups is 1. The van der Waals surface area contributed by atoms with Crippen LogP contribution in [0.3, 0.4) is 0 Å². The average molecular weight is 351 g/mol. The lowest BCUT2D eigenvalue weighted by molar-refractivity contribution is -0.118. The minimum atomic E-state index is -0.337. The summed E-state index contributed by atoms with van der Waals surface area (Å²) in [5.74, 6) is -0.426. The van der Waals surface area contributed by atoms with Crippen LogP contribution in [-0.2, 0) is 11.3 Å². The highest BCUT2D eigenvalue weighted by Crippen LogP contribution is 2.25. The molecule has 4 nitrogen and oxygen atoms in total. The molecule has 3 aromatic rings. The molecular formula is C16H12ClFN2O2S. The Kier molecular flexibility index (Phi) is 4.83. The van der Waals surface area contributed by atoms with Crippen molar-refractivity contribution in [3.05, 3.63) is 58.9 Å². The van der Waals surface area contributed by atoms with Gasteiger partial charge in [-0.1, -0.05) is 41.6 Å². The van der Waals surface area contributed by atoms with E-state index >= 15 is 0 Å². The molecular weight excluding hydrogens is 339 g/mol. The summed E-state index contributed by atoms with van der Waals surface area (Å²) in [6.07, 6.45) is 0. The summed E-state index contributed by atoms with van der Waals surface area (Å²) in [4.78, 5) is 16.1. The fourth-order valence-electron chi connectivity index (χ4n) is 1.95. The zero-order valence-electron chi connectivity index (χ0n) is 11.9. The van der Waals surface area contributed by atoms with Crippen LogP contribution in [0.15, 0.2) is 52.1 Å². The Morgan fingerprint density at radius 3 is 2.96 bits per heavy atom. The van der Waals surface area contributed by atoms with Gasteiger partial charge in [0.15, 0.2) is 5.58 Å². The van der Waals surface area contributed by atoms with Gasteiger partial charge in [0.1, 0.15) is 11.3 Å². The van der Waals surface area contributed by atoms with Crippen LogP contribution in [-0.4, -0.2) is 16.6 Å². The number of hydrogen-bond donors (Lipinski definition) is 1. The van der Waals surface area contributed by atoms with Gasteiger partial charge in [0.05, 0.1) is 5.75 Å². The van der Waals surface area contributed by atoms with Gasteiger partial charge in [-0.15, -0.1) is 0 Å². The molecule has 0 radical (unpaired) electrons. The highest BCUT2D eigenvalue weighted by molar-refractivity contribution is 7.99. The molecule has 0 saturated carbocycles. The Hall–Kier alpha value is -2.05. The topological polar surface area (TPSA) is 55.1 Å². The van der Waals surface area contributed by atoms with Crippen molar-refractivity contribution in [3.63, 3.8) is 0 Å². The Bertz CT molecular complexity index is 853. The molecule has 3 rings (SSSR count). The number of carbonyl (C=O) groups excluding carboxylic acids is 1. The largest absolute Gasteiger partial charge is 0.431 e. The number of amides is 1. The van der Waals surface area contributed by atoms with E-state index in [1.165, 1.54) is 17.8 Å². The van der Waals surface area contributed by atoms with Crippen molar-refractivity contribution >= 4 is 40.4 Å². The van der Waals surface area contributed by atoms with Crippen molar-refractivity contribution in [2.45, 2.75) is 11.8 Å². The fraction of sp³-hybridized carbons (Fsp3) is 0.125. The number of hydrogen-bond acceptors (Lipinski definition) is 4. The van der Waals surface area contributed by atoms with E-state index < -0.39 is 0 Å². The minimum absolute atomic E-state index is 0.134. The monoisotopic (exact) mass is 350 g/mol. The lowest BCUT2D eigenvalue weighted by Gasteiger charge is -2.05. The number of rotatable bonds is 5. The quantitative estimate of drug-likeness (QED) is 0.706. The summed E-state index contributed by atoms with van der Waals surface area (Å²) in [6, 6.07) is 11.5. The molecule has 0 spiro atoms. The average Bonchev–Trinajstić information content (AvgIpc) is 2.94. The lowest BCUT2D eigenvalue weighted by Crippen LogP contribution is -2.25. The maximum atomic E-state index is 13.4. The van der Waals surface area contributed by atoms with Gasteiger partial charge in [-0.3, -0.25) is 4.79 Å². The normalized spacial score (nSPS) is 10.9.